The Kier molecular flexibility index (Phi) is 13.5. The average molecular weight is 705 g/mol. The summed E-state index contributed by atoms with van der Waals surface area (Å²) < 4.78 is 11.0. The molecule has 0 saturated carbocycles. The molecule has 0 aliphatic heterocycles. The molecule has 1 heterocycles. The molecule has 1 atom stereocenters. The van der Waals surface area contributed by atoms with E-state index in [9.17, 15) is 24.0 Å². The van der Waals surface area contributed by atoms with E-state index in [2.05, 4.69) is 27.2 Å². The normalized spacial score (nSPS) is 12.1. The van der Waals surface area contributed by atoms with Gasteiger partial charge in [0.25, 0.3) is 5.91 Å². The van der Waals surface area contributed by atoms with E-state index in [4.69, 9.17) is 9.47 Å². The van der Waals surface area contributed by atoms with Crippen LogP contribution in [0.1, 0.15) is 106 Å². The second-order valence-electron chi connectivity index (χ2n) is 14.3. The maximum atomic E-state index is 13.2. The van der Waals surface area contributed by atoms with Crippen LogP contribution in [0.15, 0.2) is 49.1 Å². The van der Waals surface area contributed by atoms with Crippen LogP contribution >= 0.6 is 0 Å². The summed E-state index contributed by atoms with van der Waals surface area (Å²) in [5, 5.41) is 5.46. The Bertz CT molecular complexity index is 1750. The third-order valence-corrected chi connectivity index (χ3v) is 7.63. The lowest BCUT2D eigenvalue weighted by atomic mass is 10.1. The van der Waals surface area contributed by atoms with Crippen molar-refractivity contribution in [2.45, 2.75) is 92.4 Å². The molecular formula is C38H52N6O7. The first-order chi connectivity index (χ1) is 23.8. The van der Waals surface area contributed by atoms with E-state index in [1.807, 2.05) is 34.6 Å². The number of Topliss-reactive ketones (excluding diaryl/α,β-unsaturated/α-hetero) is 1. The van der Waals surface area contributed by atoms with Gasteiger partial charge in [-0.15, -0.1) is 6.58 Å². The highest BCUT2D eigenvalue weighted by Crippen LogP contribution is 2.25. The zero-order valence-electron chi connectivity index (χ0n) is 31.3. The van der Waals surface area contributed by atoms with Crippen molar-refractivity contribution in [2.75, 3.05) is 31.5 Å². The fourth-order valence-electron chi connectivity index (χ4n) is 5.10. The summed E-state index contributed by atoms with van der Waals surface area (Å²) in [5.41, 5.74) is 1.41. The summed E-state index contributed by atoms with van der Waals surface area (Å²) in [6, 6.07) is 9.49. The number of nitrogens with one attached hydrogen (secondary N) is 3. The number of H-pyrrole nitrogens is 1. The van der Waals surface area contributed by atoms with Crippen LogP contribution in [0.4, 0.5) is 15.3 Å². The number of rotatable bonds is 14. The minimum Gasteiger partial charge on any atom is -0.444 e. The number of aromatic nitrogens is 2. The zero-order chi connectivity index (χ0) is 38.1. The number of carbonyl (C=O) groups excluding carboxylic acids is 5. The number of fused-ring (bicyclic) bond motifs is 1. The van der Waals surface area contributed by atoms with Crippen molar-refractivity contribution >= 4 is 46.5 Å². The van der Waals surface area contributed by atoms with Crippen molar-refractivity contribution in [1.82, 2.24) is 25.1 Å². The third-order valence-electron chi connectivity index (χ3n) is 7.63. The fraction of sp³-hybridized carbons (Fsp3) is 0.474. The molecule has 1 unspecified atom stereocenters. The summed E-state index contributed by atoms with van der Waals surface area (Å²) in [4.78, 5) is 75.7. The van der Waals surface area contributed by atoms with E-state index in [0.29, 0.717) is 46.6 Å². The van der Waals surface area contributed by atoms with Gasteiger partial charge in [-0.3, -0.25) is 24.2 Å². The van der Waals surface area contributed by atoms with Crippen molar-refractivity contribution in [1.29, 1.82) is 0 Å². The number of aromatic amines is 1. The van der Waals surface area contributed by atoms with E-state index in [1.165, 1.54) is 4.90 Å². The number of amides is 4. The van der Waals surface area contributed by atoms with Gasteiger partial charge in [0, 0.05) is 29.9 Å². The highest BCUT2D eigenvalue weighted by atomic mass is 16.6. The topological polar surface area (TPSA) is 163 Å². The van der Waals surface area contributed by atoms with Crippen LogP contribution in [0.3, 0.4) is 0 Å². The van der Waals surface area contributed by atoms with E-state index in [0.717, 1.165) is 6.42 Å². The Labute approximate surface area is 300 Å². The quantitative estimate of drug-likeness (QED) is 0.120. The van der Waals surface area contributed by atoms with Gasteiger partial charge in [0.2, 0.25) is 5.91 Å². The van der Waals surface area contributed by atoms with Gasteiger partial charge in [-0.2, -0.15) is 0 Å². The maximum Gasteiger partial charge on any atom is 0.410 e. The lowest BCUT2D eigenvalue weighted by molar-refractivity contribution is -0.117. The van der Waals surface area contributed by atoms with Gasteiger partial charge in [0.05, 0.1) is 23.6 Å². The molecule has 3 N–H and O–H groups in total. The van der Waals surface area contributed by atoms with Gasteiger partial charge in [0.15, 0.2) is 5.78 Å². The molecule has 0 aliphatic rings. The molecule has 13 nitrogen and oxygen atoms in total. The number of hydrogen-bond donors (Lipinski definition) is 3. The Balaban J connectivity index is 1.68. The molecule has 0 aliphatic carbocycles. The molecule has 4 amide bonds. The Hall–Kier alpha value is -5.20. The van der Waals surface area contributed by atoms with Crippen LogP contribution in [0.2, 0.25) is 0 Å². The minimum atomic E-state index is -0.727. The molecule has 1 aromatic heterocycles. The molecule has 276 valence electrons. The van der Waals surface area contributed by atoms with Gasteiger partial charge in [-0.1, -0.05) is 19.1 Å². The van der Waals surface area contributed by atoms with Gasteiger partial charge >= 0.3 is 12.2 Å². The molecule has 0 bridgehead atoms. The molecule has 2 aromatic carbocycles. The van der Waals surface area contributed by atoms with Crippen LogP contribution in [0.25, 0.3) is 11.0 Å². The smallest absolute Gasteiger partial charge is 0.410 e. The second kappa shape index (κ2) is 17.1. The number of carbonyl (C=O) groups is 5. The number of imidazole rings is 1. The largest absolute Gasteiger partial charge is 0.444 e. The van der Waals surface area contributed by atoms with Gasteiger partial charge < -0.3 is 25.1 Å². The first-order valence-corrected chi connectivity index (χ1v) is 17.1. The van der Waals surface area contributed by atoms with Crippen LogP contribution in [0, 0.1) is 6.92 Å². The first-order valence-electron chi connectivity index (χ1n) is 17.1. The third kappa shape index (κ3) is 11.7. The summed E-state index contributed by atoms with van der Waals surface area (Å²) >= 11 is 0. The van der Waals surface area contributed by atoms with Crippen LogP contribution < -0.4 is 10.6 Å². The summed E-state index contributed by atoms with van der Waals surface area (Å²) in [6.45, 7) is 20.1. The second-order valence-corrected chi connectivity index (χ2v) is 14.3. The first kappa shape index (κ1) is 40.2. The van der Waals surface area contributed by atoms with E-state index < -0.39 is 41.2 Å². The molecule has 3 rings (SSSR count). The van der Waals surface area contributed by atoms with Gasteiger partial charge in [-0.05, 0) is 104 Å². The predicted octanol–water partition coefficient (Wildman–Crippen LogP) is 6.94. The van der Waals surface area contributed by atoms with E-state index >= 15 is 0 Å². The highest BCUT2D eigenvalue weighted by molar-refractivity contribution is 6.05. The minimum absolute atomic E-state index is 0.251. The molecule has 0 radical (unpaired) electrons. The van der Waals surface area contributed by atoms with E-state index in [-0.39, 0.29) is 31.0 Å². The number of anilines is 1. The van der Waals surface area contributed by atoms with Crippen molar-refractivity contribution in [2.24, 2.45) is 0 Å². The molecule has 0 spiro atoms. The number of benzene rings is 2. The maximum absolute atomic E-state index is 13.2. The van der Waals surface area contributed by atoms with Crippen LogP contribution in [0.5, 0.6) is 0 Å². The molecule has 13 heteroatoms. The van der Waals surface area contributed by atoms with Crippen molar-refractivity contribution in [3.05, 3.63) is 71.6 Å². The Morgan fingerprint density at radius 2 is 1.65 bits per heavy atom. The van der Waals surface area contributed by atoms with E-state index in [1.54, 1.807) is 75.1 Å². The summed E-state index contributed by atoms with van der Waals surface area (Å²) in [7, 11) is 0. The molecular weight excluding hydrogens is 652 g/mol. The fourth-order valence-corrected chi connectivity index (χ4v) is 5.10. The number of nitrogens with zero attached hydrogens (tertiary/aromatic N) is 3. The lowest BCUT2D eigenvalue weighted by Crippen LogP contribution is -2.41. The zero-order valence-corrected chi connectivity index (χ0v) is 31.3. The Morgan fingerprint density at radius 1 is 0.980 bits per heavy atom. The highest BCUT2D eigenvalue weighted by Gasteiger charge is 2.28. The summed E-state index contributed by atoms with van der Waals surface area (Å²) in [5.74, 6) is -0.718. The van der Waals surface area contributed by atoms with Crippen LogP contribution in [-0.2, 0) is 14.3 Å². The van der Waals surface area contributed by atoms with Crippen LogP contribution in [-0.4, -0.2) is 86.9 Å². The lowest BCUT2D eigenvalue weighted by Gasteiger charge is -2.30. The number of ketones is 1. The standard InChI is InChI=1S/C38H52N6O7/c1-11-13-20-43(35(48)50-37(5,6)7)23-32(46)40-28-16-14-15-27(24(28)3)34(47)39-22-31(45)26-17-18-29-30(21-26)42-33(41-29)25(4)44(19-12-2)36(49)51-38(8,9)10/h11,14-18,21,25H,1,12-13,19-20,22-23H2,2-10H3,(H,39,47)(H,40,46)(H,41,42). The van der Waals surface area contributed by atoms with Crippen molar-refractivity contribution in [3.8, 4) is 0 Å². The van der Waals surface area contributed by atoms with Gasteiger partial charge in [0.1, 0.15) is 23.6 Å². The molecule has 0 saturated heterocycles. The molecule has 3 aromatic rings. The predicted molar refractivity (Wildman–Crippen MR) is 197 cm³/mol. The number of ether oxygens (including phenoxy) is 2. The van der Waals surface area contributed by atoms with Crippen molar-refractivity contribution in [3.63, 3.8) is 0 Å². The van der Waals surface area contributed by atoms with Gasteiger partial charge in [-0.25, -0.2) is 14.6 Å². The average Bonchev–Trinajstić information content (AvgIpc) is 3.47. The molecule has 51 heavy (non-hydrogen) atoms. The summed E-state index contributed by atoms with van der Waals surface area (Å²) in [6.07, 6.45) is 1.81. The van der Waals surface area contributed by atoms with Crippen molar-refractivity contribution < 1.29 is 33.4 Å². The Morgan fingerprint density at radius 3 is 2.27 bits per heavy atom. The monoisotopic (exact) mass is 704 g/mol. The molecule has 0 fully saturated rings. The SMILES string of the molecule is C=CCCN(CC(=O)Nc1cccc(C(=O)NCC(=O)c2ccc3nc(C(C)N(CCC)C(=O)OC(C)(C)C)[nH]c3c2)c1C)C(=O)OC(C)(C)C. The number of hydrogen-bond acceptors (Lipinski definition) is 8.